The molecule has 3 aromatic rings. The van der Waals surface area contributed by atoms with Gasteiger partial charge in [0.1, 0.15) is 5.69 Å². The Morgan fingerprint density at radius 3 is 2.60 bits per heavy atom. The van der Waals surface area contributed by atoms with Gasteiger partial charge < -0.3 is 10.1 Å². The smallest absolute Gasteiger partial charge is 0.352 e. The molecule has 1 aromatic carbocycles. The Labute approximate surface area is 115 Å². The molecule has 20 heavy (non-hydrogen) atoms. The molecule has 100 valence electrons. The summed E-state index contributed by atoms with van der Waals surface area (Å²) in [5.41, 5.74) is 3.74. The number of hydrogen-bond acceptors (Lipinski definition) is 2. The summed E-state index contributed by atoms with van der Waals surface area (Å²) in [5.74, 6) is -0.968. The van der Waals surface area contributed by atoms with Crippen molar-refractivity contribution in [2.75, 3.05) is 0 Å². The van der Waals surface area contributed by atoms with Crippen LogP contribution in [0.2, 0.25) is 0 Å². The molecule has 0 fully saturated rings. The van der Waals surface area contributed by atoms with Gasteiger partial charge >= 0.3 is 5.97 Å². The highest BCUT2D eigenvalue weighted by atomic mass is 16.4. The van der Waals surface area contributed by atoms with E-state index in [9.17, 15) is 4.79 Å². The van der Waals surface area contributed by atoms with Crippen LogP contribution in [0.15, 0.2) is 48.7 Å². The number of carbonyl (C=O) groups is 1. The Hall–Kier alpha value is -2.82. The lowest BCUT2D eigenvalue weighted by Crippen LogP contribution is -1.98. The summed E-state index contributed by atoms with van der Waals surface area (Å²) in [6.07, 6.45) is 1.74. The molecular formula is C15H13N3O2. The molecule has 0 saturated carbocycles. The molecule has 2 N–H and O–H groups in total. The van der Waals surface area contributed by atoms with Gasteiger partial charge in [0, 0.05) is 11.3 Å². The average Bonchev–Trinajstić information content (AvgIpc) is 3.06. The molecule has 3 rings (SSSR count). The van der Waals surface area contributed by atoms with E-state index in [4.69, 9.17) is 5.11 Å². The van der Waals surface area contributed by atoms with Crippen molar-refractivity contribution in [2.45, 2.75) is 6.92 Å². The first-order valence-electron chi connectivity index (χ1n) is 6.19. The number of benzene rings is 1. The summed E-state index contributed by atoms with van der Waals surface area (Å²) in [5, 5.41) is 13.3. The van der Waals surface area contributed by atoms with Gasteiger partial charge in [0.2, 0.25) is 0 Å². The number of para-hydroxylation sites is 1. The predicted molar refractivity (Wildman–Crippen MR) is 75.0 cm³/mol. The van der Waals surface area contributed by atoms with Gasteiger partial charge in [-0.15, -0.1) is 0 Å². The molecule has 0 unspecified atom stereocenters. The highest BCUT2D eigenvalue weighted by Crippen LogP contribution is 2.24. The van der Waals surface area contributed by atoms with Crippen LogP contribution in [-0.4, -0.2) is 25.8 Å². The third-order valence-electron chi connectivity index (χ3n) is 3.22. The minimum atomic E-state index is -0.968. The van der Waals surface area contributed by atoms with Crippen LogP contribution >= 0.6 is 0 Å². The van der Waals surface area contributed by atoms with Gasteiger partial charge in [-0.25, -0.2) is 9.48 Å². The molecule has 0 saturated heterocycles. The minimum absolute atomic E-state index is 0.173. The molecule has 0 bridgehead atoms. The fourth-order valence-corrected chi connectivity index (χ4v) is 2.18. The minimum Gasteiger partial charge on any atom is -0.477 e. The molecular weight excluding hydrogens is 254 g/mol. The number of nitrogens with zero attached hydrogens (tertiary/aromatic N) is 2. The van der Waals surface area contributed by atoms with Gasteiger partial charge in [-0.3, -0.25) is 0 Å². The highest BCUT2D eigenvalue weighted by Gasteiger charge is 2.13. The zero-order valence-corrected chi connectivity index (χ0v) is 10.9. The second-order valence-electron chi connectivity index (χ2n) is 4.48. The molecule has 5 nitrogen and oxygen atoms in total. The normalized spacial score (nSPS) is 10.7. The molecule has 2 aromatic heterocycles. The first kappa shape index (κ1) is 12.2. The lowest BCUT2D eigenvalue weighted by molar-refractivity contribution is 0.0691. The van der Waals surface area contributed by atoms with Crippen LogP contribution in [0.4, 0.5) is 0 Å². The maximum Gasteiger partial charge on any atom is 0.352 e. The number of carboxylic acids is 1. The lowest BCUT2D eigenvalue weighted by atomic mass is 10.2. The van der Waals surface area contributed by atoms with Gasteiger partial charge in [0.15, 0.2) is 0 Å². The van der Waals surface area contributed by atoms with E-state index >= 15 is 0 Å². The third-order valence-corrected chi connectivity index (χ3v) is 3.22. The maximum absolute atomic E-state index is 10.9. The van der Waals surface area contributed by atoms with Crippen LogP contribution in [0.25, 0.3) is 16.9 Å². The van der Waals surface area contributed by atoms with Gasteiger partial charge in [-0.2, -0.15) is 5.10 Å². The number of aromatic nitrogens is 3. The summed E-state index contributed by atoms with van der Waals surface area (Å²) in [7, 11) is 0. The van der Waals surface area contributed by atoms with Crippen LogP contribution in [0.5, 0.6) is 0 Å². The van der Waals surface area contributed by atoms with Gasteiger partial charge in [0.25, 0.3) is 0 Å². The average molecular weight is 267 g/mol. The predicted octanol–water partition coefficient (Wildman–Crippen LogP) is 2.87. The van der Waals surface area contributed by atoms with Crippen molar-refractivity contribution in [3.8, 4) is 16.9 Å². The summed E-state index contributed by atoms with van der Waals surface area (Å²) in [4.78, 5) is 13.8. The Balaban J connectivity index is 2.04. The quantitative estimate of drug-likeness (QED) is 0.766. The van der Waals surface area contributed by atoms with Gasteiger partial charge in [-0.05, 0) is 31.2 Å². The number of rotatable bonds is 3. The van der Waals surface area contributed by atoms with E-state index < -0.39 is 5.97 Å². The molecule has 0 aliphatic rings. The summed E-state index contributed by atoms with van der Waals surface area (Å²) < 4.78 is 1.83. The fraction of sp³-hybridized carbons (Fsp3) is 0.0667. The SMILES string of the molecule is Cc1c(-c2ccc(C(=O)O)[nH]2)cnn1-c1ccccc1. The first-order chi connectivity index (χ1) is 9.66. The van der Waals surface area contributed by atoms with Crippen molar-refractivity contribution < 1.29 is 9.90 Å². The number of carboxylic acid groups (broad SMARTS) is 1. The Bertz CT molecular complexity index is 757. The number of H-pyrrole nitrogens is 1. The second kappa shape index (κ2) is 4.70. The number of hydrogen-bond donors (Lipinski definition) is 2. The number of aromatic carboxylic acids is 1. The molecule has 0 aliphatic carbocycles. The van der Waals surface area contributed by atoms with Crippen molar-refractivity contribution in [2.24, 2.45) is 0 Å². The topological polar surface area (TPSA) is 70.9 Å². The zero-order chi connectivity index (χ0) is 14.1. The molecule has 2 heterocycles. The largest absolute Gasteiger partial charge is 0.477 e. The maximum atomic E-state index is 10.9. The van der Waals surface area contributed by atoms with Crippen LogP contribution in [0, 0.1) is 6.92 Å². The first-order valence-corrected chi connectivity index (χ1v) is 6.19. The van der Waals surface area contributed by atoms with Crippen LogP contribution in [-0.2, 0) is 0 Å². The Morgan fingerprint density at radius 2 is 1.95 bits per heavy atom. The van der Waals surface area contributed by atoms with Crippen molar-refractivity contribution in [1.82, 2.24) is 14.8 Å². The van der Waals surface area contributed by atoms with Crippen LogP contribution in [0.3, 0.4) is 0 Å². The second-order valence-corrected chi connectivity index (χ2v) is 4.48. The standard InChI is InChI=1S/C15H13N3O2/c1-10-12(13-7-8-14(17-13)15(19)20)9-16-18(10)11-5-3-2-4-6-11/h2-9,17H,1H3,(H,19,20). The summed E-state index contributed by atoms with van der Waals surface area (Å²) in [6.45, 7) is 1.95. The van der Waals surface area contributed by atoms with Crippen molar-refractivity contribution in [3.63, 3.8) is 0 Å². The zero-order valence-electron chi connectivity index (χ0n) is 10.9. The van der Waals surface area contributed by atoms with E-state index in [-0.39, 0.29) is 5.69 Å². The number of nitrogens with one attached hydrogen (secondary N) is 1. The summed E-state index contributed by atoms with van der Waals surface area (Å²) in [6, 6.07) is 13.1. The van der Waals surface area contributed by atoms with Crippen molar-refractivity contribution in [3.05, 3.63) is 60.0 Å². The van der Waals surface area contributed by atoms with E-state index in [1.807, 2.05) is 41.9 Å². The summed E-state index contributed by atoms with van der Waals surface area (Å²) >= 11 is 0. The monoisotopic (exact) mass is 267 g/mol. The third kappa shape index (κ3) is 1.99. The van der Waals surface area contributed by atoms with Crippen LogP contribution < -0.4 is 0 Å². The number of aromatic amines is 1. The van der Waals surface area contributed by atoms with Gasteiger partial charge in [0.05, 0.1) is 17.6 Å². The van der Waals surface area contributed by atoms with E-state index in [0.29, 0.717) is 0 Å². The molecule has 0 amide bonds. The fourth-order valence-electron chi connectivity index (χ4n) is 2.18. The van der Waals surface area contributed by atoms with E-state index in [2.05, 4.69) is 10.1 Å². The van der Waals surface area contributed by atoms with Gasteiger partial charge in [-0.1, -0.05) is 18.2 Å². The Kier molecular flexibility index (Phi) is 2.87. The lowest BCUT2D eigenvalue weighted by Gasteiger charge is -2.04. The molecule has 0 radical (unpaired) electrons. The van der Waals surface area contributed by atoms with Crippen molar-refractivity contribution >= 4 is 5.97 Å². The van der Waals surface area contributed by atoms with E-state index in [0.717, 1.165) is 22.6 Å². The highest BCUT2D eigenvalue weighted by molar-refractivity contribution is 5.87. The Morgan fingerprint density at radius 1 is 1.20 bits per heavy atom. The molecule has 0 aliphatic heterocycles. The van der Waals surface area contributed by atoms with Crippen LogP contribution in [0.1, 0.15) is 16.2 Å². The molecule has 0 spiro atoms. The molecule has 5 heteroatoms. The van der Waals surface area contributed by atoms with E-state index in [1.54, 1.807) is 18.3 Å². The molecule has 0 atom stereocenters. The van der Waals surface area contributed by atoms with E-state index in [1.165, 1.54) is 0 Å². The van der Waals surface area contributed by atoms with Crippen molar-refractivity contribution in [1.29, 1.82) is 0 Å².